The lowest BCUT2D eigenvalue weighted by atomic mass is 9.46. The molecule has 32 aliphatic rings. The maximum atomic E-state index is 3.25. The predicted octanol–water partition coefficient (Wildman–Crippen LogP) is 34.0. The number of anilines is 6. The topological polar surface area (TPSA) is 6.48 Å². The van der Waals surface area contributed by atoms with Crippen LogP contribution in [0.25, 0.3) is 43.8 Å². The standard InChI is InChI=1S/C130H148N2/c1-3-7-101(8-4-1)103-11-13-117-119(39-103)121(131(113-45-105(123-53-77-15-78(54-123)17-79(16-77)55-123)41-106(46-113)124-56-80-18-81(57-124)20-82(19-80)58-124)114-47-107(125-59-83-21-84(60-125)23-85(22-83)61-125)42-108(48-114)126-62-86-24-87(63-126)26-88(25-86)64-126)118-14-12-104(102-9-5-2-6-10-102)40-120(118)122(117)132(115-49-109(127-65-89-27-90(66-127)29-91(28-89)67-127)43-110(50-115)128-68-92-30-93(69-128)32-94(31-92)70-128)116-51-111(129-71-95-33-96(72-129)35-97(34-95)73-129)44-112(52-116)130-74-98-36-99(75-130)38-100(37-98)76-130/h1-14,39-52,77-100H,15-38,53-76H2. The van der Waals surface area contributed by atoms with Crippen molar-refractivity contribution in [3.63, 3.8) is 0 Å². The lowest BCUT2D eigenvalue weighted by molar-refractivity contribution is -0.00861. The van der Waals surface area contributed by atoms with Crippen LogP contribution in [0.1, 0.15) is 353 Å². The summed E-state index contributed by atoms with van der Waals surface area (Å²) in [6.45, 7) is 0. The Bertz CT molecular complexity index is 5090. The fourth-order valence-electron chi connectivity index (χ4n) is 46.2. The molecule has 2 heteroatoms. The molecule has 0 heterocycles. The van der Waals surface area contributed by atoms with E-state index in [4.69, 9.17) is 0 Å². The first kappa shape index (κ1) is 78.1. The highest BCUT2D eigenvalue weighted by atomic mass is 15.2. The van der Waals surface area contributed by atoms with E-state index in [0.29, 0.717) is 0 Å². The van der Waals surface area contributed by atoms with Gasteiger partial charge < -0.3 is 9.80 Å². The highest BCUT2D eigenvalue weighted by Gasteiger charge is 2.62. The van der Waals surface area contributed by atoms with E-state index < -0.39 is 0 Å². The zero-order valence-corrected chi connectivity index (χ0v) is 79.9. The smallest absolute Gasteiger partial charge is 0.0620 e. The van der Waals surface area contributed by atoms with E-state index in [1.54, 1.807) is 44.5 Å². The Labute approximate surface area is 790 Å². The van der Waals surface area contributed by atoms with E-state index in [0.717, 1.165) is 142 Å². The second-order valence-corrected chi connectivity index (χ2v) is 56.3. The predicted molar refractivity (Wildman–Crippen MR) is 540 cm³/mol. The lowest BCUT2D eigenvalue weighted by Gasteiger charge is -2.59. The molecule has 32 fully saturated rings. The lowest BCUT2D eigenvalue weighted by Crippen LogP contribution is -2.50. The van der Waals surface area contributed by atoms with Gasteiger partial charge in [0.05, 0.1) is 11.4 Å². The average Bonchev–Trinajstić information content (AvgIpc) is 0.528. The first-order valence-corrected chi connectivity index (χ1v) is 56.9. The van der Waals surface area contributed by atoms with E-state index in [1.807, 2.05) is 0 Å². The first-order chi connectivity index (χ1) is 64.6. The van der Waals surface area contributed by atoms with Crippen LogP contribution in [0.15, 0.2) is 170 Å². The molecular formula is C130H148N2. The molecule has 0 spiro atoms. The Kier molecular flexibility index (Phi) is 16.3. The van der Waals surface area contributed by atoms with Crippen LogP contribution < -0.4 is 9.80 Å². The monoisotopic (exact) mass is 1740 g/mol. The maximum absolute atomic E-state index is 3.25. The molecule has 0 aliphatic heterocycles. The quantitative estimate of drug-likeness (QED) is 0.0703. The second-order valence-electron chi connectivity index (χ2n) is 56.3. The van der Waals surface area contributed by atoms with Gasteiger partial charge in [-0.05, 0) is 621 Å². The van der Waals surface area contributed by atoms with E-state index in [9.17, 15) is 0 Å². The molecule has 32 saturated carbocycles. The minimum absolute atomic E-state index is 0.220. The molecule has 0 amide bonds. The number of hydrogen-bond acceptors (Lipinski definition) is 2. The molecule has 9 aromatic carbocycles. The Morgan fingerprint density at radius 1 is 0.144 bits per heavy atom. The number of fused-ring (bicyclic) bond motifs is 2. The minimum Gasteiger partial charge on any atom is -0.309 e. The van der Waals surface area contributed by atoms with Gasteiger partial charge in [-0.25, -0.2) is 0 Å². The highest BCUT2D eigenvalue weighted by molar-refractivity contribution is 6.24. The fourth-order valence-corrected chi connectivity index (χ4v) is 46.2. The summed E-state index contributed by atoms with van der Waals surface area (Å²) >= 11 is 0. The molecule has 2 nitrogen and oxygen atoms in total. The molecule has 678 valence electrons. The molecule has 32 bridgehead atoms. The van der Waals surface area contributed by atoms with Crippen LogP contribution in [0.2, 0.25) is 0 Å². The van der Waals surface area contributed by atoms with Crippen molar-refractivity contribution in [1.82, 2.24) is 0 Å². The van der Waals surface area contributed by atoms with Crippen LogP contribution in [-0.2, 0) is 43.3 Å². The summed E-state index contributed by atoms with van der Waals surface area (Å²) in [6, 6.07) is 77.6. The van der Waals surface area contributed by atoms with E-state index in [-0.39, 0.29) is 43.3 Å². The Morgan fingerprint density at radius 2 is 0.295 bits per heavy atom. The summed E-state index contributed by atoms with van der Waals surface area (Å²) < 4.78 is 0. The Hall–Kier alpha value is -6.90. The zero-order valence-electron chi connectivity index (χ0n) is 79.9. The van der Waals surface area contributed by atoms with Crippen LogP contribution in [0.4, 0.5) is 34.1 Å². The Morgan fingerprint density at radius 3 is 0.447 bits per heavy atom. The van der Waals surface area contributed by atoms with Crippen molar-refractivity contribution in [2.75, 3.05) is 9.80 Å². The SMILES string of the molecule is c1ccc(-c2ccc3c(N(c4cc(C56CC7CC(CC(C7)C5)C6)cc(C56CC7CC(CC(C7)C5)C6)c4)c4cc(C56CC7CC(CC(C7)C5)C6)cc(C56CC7CC(CC(C7)C5)C6)c4)c4cc(-c5ccccc5)ccc4c(N(c4cc(C56CC7CC(CC(C7)C5)C6)cc(C56CC7CC(CC(C7)C5)C6)c4)c4cc(C56CC7CC(CC(C7)C5)C6)cc(C56CC7CC(CC(C7)C5)C6)c4)c3c2)cc1. The molecule has 32 aliphatic carbocycles. The van der Waals surface area contributed by atoms with Crippen molar-refractivity contribution in [2.45, 2.75) is 352 Å². The molecule has 9 aromatic rings. The van der Waals surface area contributed by atoms with E-state index in [1.165, 1.54) is 386 Å². The molecule has 0 saturated heterocycles. The van der Waals surface area contributed by atoms with Gasteiger partial charge >= 0.3 is 0 Å². The molecule has 132 heavy (non-hydrogen) atoms. The van der Waals surface area contributed by atoms with Gasteiger partial charge in [-0.3, -0.25) is 0 Å². The van der Waals surface area contributed by atoms with Gasteiger partial charge in [0.15, 0.2) is 0 Å². The summed E-state index contributed by atoms with van der Waals surface area (Å²) in [4.78, 5) is 6.49. The Balaban J connectivity index is 0.711. The van der Waals surface area contributed by atoms with Gasteiger partial charge in [0, 0.05) is 44.3 Å². The van der Waals surface area contributed by atoms with Gasteiger partial charge in [-0.2, -0.15) is 0 Å². The minimum atomic E-state index is 0.220. The molecule has 0 aromatic heterocycles. The van der Waals surface area contributed by atoms with Crippen molar-refractivity contribution in [3.8, 4) is 22.3 Å². The van der Waals surface area contributed by atoms with E-state index >= 15 is 0 Å². The van der Waals surface area contributed by atoms with Gasteiger partial charge in [-0.15, -0.1) is 0 Å². The molecule has 0 N–H and O–H groups in total. The average molecular weight is 1740 g/mol. The van der Waals surface area contributed by atoms with Crippen LogP contribution >= 0.6 is 0 Å². The third-order valence-electron chi connectivity index (χ3n) is 47.6. The van der Waals surface area contributed by atoms with Crippen LogP contribution in [0, 0.1) is 142 Å². The molecule has 41 rings (SSSR count). The van der Waals surface area contributed by atoms with Gasteiger partial charge in [0.1, 0.15) is 0 Å². The number of hydrogen-bond donors (Lipinski definition) is 0. The molecule has 0 radical (unpaired) electrons. The summed E-state index contributed by atoms with van der Waals surface area (Å²) in [7, 11) is 0. The van der Waals surface area contributed by atoms with Crippen molar-refractivity contribution < 1.29 is 0 Å². The van der Waals surface area contributed by atoms with Crippen molar-refractivity contribution in [2.24, 2.45) is 142 Å². The van der Waals surface area contributed by atoms with Crippen LogP contribution in [0.5, 0.6) is 0 Å². The summed E-state index contributed by atoms with van der Waals surface area (Å²) in [5.41, 5.74) is 30.5. The van der Waals surface area contributed by atoms with Crippen molar-refractivity contribution in [3.05, 3.63) is 214 Å². The fraction of sp³-hybridized carbons (Fsp3) is 0.615. The van der Waals surface area contributed by atoms with Crippen LogP contribution in [0.3, 0.4) is 0 Å². The third kappa shape index (κ3) is 11.8. The van der Waals surface area contributed by atoms with Gasteiger partial charge in [0.2, 0.25) is 0 Å². The van der Waals surface area contributed by atoms with Crippen LogP contribution in [-0.4, -0.2) is 0 Å². The molecule has 0 unspecified atom stereocenters. The van der Waals surface area contributed by atoms with E-state index in [2.05, 4.69) is 180 Å². The zero-order chi connectivity index (χ0) is 85.5. The molecule has 0 atom stereocenters. The second kappa shape index (κ2) is 27.6. The highest BCUT2D eigenvalue weighted by Crippen LogP contribution is 2.73. The van der Waals surface area contributed by atoms with Crippen molar-refractivity contribution in [1.29, 1.82) is 0 Å². The summed E-state index contributed by atoms with van der Waals surface area (Å²) in [5.74, 6) is 20.8. The molecular weight excluding hydrogens is 1590 g/mol. The van der Waals surface area contributed by atoms with Gasteiger partial charge in [0.25, 0.3) is 0 Å². The van der Waals surface area contributed by atoms with Gasteiger partial charge in [-0.1, -0.05) is 109 Å². The third-order valence-corrected chi connectivity index (χ3v) is 47.6. The number of rotatable bonds is 16. The largest absolute Gasteiger partial charge is 0.309 e. The summed E-state index contributed by atoms with van der Waals surface area (Å²) in [5, 5.41) is 5.89. The number of nitrogens with zero attached hydrogens (tertiary/aromatic N) is 2. The normalized spacial score (nSPS) is 45.0. The first-order valence-electron chi connectivity index (χ1n) is 56.9. The summed E-state index contributed by atoms with van der Waals surface area (Å²) in [6.07, 6.45) is 69.4. The van der Waals surface area contributed by atoms with Crippen molar-refractivity contribution >= 4 is 55.7 Å². The number of benzene rings is 9. The maximum Gasteiger partial charge on any atom is 0.0620 e.